The molecule has 3 rings (SSSR count). The quantitative estimate of drug-likeness (QED) is 0.785. The molecule has 2 aromatic carbocycles. The summed E-state index contributed by atoms with van der Waals surface area (Å²) in [5, 5.41) is 0. The van der Waals surface area contributed by atoms with Gasteiger partial charge in [-0.25, -0.2) is 0 Å². The highest BCUT2D eigenvalue weighted by Crippen LogP contribution is 2.21. The maximum Gasteiger partial charge on any atom is 0.256 e. The van der Waals surface area contributed by atoms with Crippen LogP contribution in [0.1, 0.15) is 17.2 Å². The minimum atomic E-state index is -0.691. The average molecular weight is 368 g/mol. The first kappa shape index (κ1) is 18.9. The topological polar surface area (TPSA) is 59.1 Å². The van der Waals surface area contributed by atoms with E-state index in [2.05, 4.69) is 0 Å². The zero-order chi connectivity index (χ0) is 19.2. The maximum absolute atomic E-state index is 12.8. The summed E-state index contributed by atoms with van der Waals surface area (Å²) in [6, 6.07) is 17.0. The van der Waals surface area contributed by atoms with Crippen LogP contribution in [0.4, 0.5) is 0 Å². The standard InChI is InChI=1S/C21H24N2O4/c1-26-18-10-6-7-16(13-18)14-22-11-12-23(15-19(22)24)21(25)20(27-2)17-8-4-3-5-9-17/h3-10,13,20H,11-12,14-15H2,1-2H3/t20-/m0/s1. The average Bonchev–Trinajstić information content (AvgIpc) is 2.71. The Morgan fingerprint density at radius 3 is 2.52 bits per heavy atom. The molecule has 1 fully saturated rings. The highest BCUT2D eigenvalue weighted by Gasteiger charge is 2.32. The van der Waals surface area contributed by atoms with E-state index in [1.807, 2.05) is 54.6 Å². The van der Waals surface area contributed by atoms with E-state index < -0.39 is 6.10 Å². The van der Waals surface area contributed by atoms with Gasteiger partial charge in [0.05, 0.1) is 13.7 Å². The molecular weight excluding hydrogens is 344 g/mol. The molecule has 1 aliphatic rings. The summed E-state index contributed by atoms with van der Waals surface area (Å²) in [5.41, 5.74) is 1.79. The number of amides is 2. The van der Waals surface area contributed by atoms with Crippen LogP contribution >= 0.6 is 0 Å². The third-order valence-corrected chi connectivity index (χ3v) is 4.70. The molecule has 1 aliphatic heterocycles. The first-order valence-electron chi connectivity index (χ1n) is 8.89. The van der Waals surface area contributed by atoms with Crippen molar-refractivity contribution in [1.82, 2.24) is 9.80 Å². The normalized spacial score (nSPS) is 15.6. The van der Waals surface area contributed by atoms with Crippen molar-refractivity contribution in [2.75, 3.05) is 33.9 Å². The van der Waals surface area contributed by atoms with Crippen molar-refractivity contribution in [3.63, 3.8) is 0 Å². The van der Waals surface area contributed by atoms with Crippen LogP contribution in [0.15, 0.2) is 54.6 Å². The number of ether oxygens (including phenoxy) is 2. The Labute approximate surface area is 159 Å². The van der Waals surface area contributed by atoms with Gasteiger partial charge in [-0.1, -0.05) is 42.5 Å². The number of methoxy groups -OCH3 is 2. The van der Waals surface area contributed by atoms with Crippen LogP contribution in [0.25, 0.3) is 0 Å². The highest BCUT2D eigenvalue weighted by atomic mass is 16.5. The molecule has 1 heterocycles. The number of benzene rings is 2. The summed E-state index contributed by atoms with van der Waals surface area (Å²) in [4.78, 5) is 28.8. The monoisotopic (exact) mass is 368 g/mol. The lowest BCUT2D eigenvalue weighted by atomic mass is 10.1. The Kier molecular flexibility index (Phi) is 6.08. The van der Waals surface area contributed by atoms with Crippen molar-refractivity contribution in [3.8, 4) is 5.75 Å². The van der Waals surface area contributed by atoms with Gasteiger partial charge in [0.1, 0.15) is 5.75 Å². The van der Waals surface area contributed by atoms with E-state index in [9.17, 15) is 9.59 Å². The molecule has 142 valence electrons. The number of hydrogen-bond donors (Lipinski definition) is 0. The summed E-state index contributed by atoms with van der Waals surface area (Å²) in [5.74, 6) is 0.512. The van der Waals surface area contributed by atoms with Gasteiger partial charge in [0.2, 0.25) is 5.91 Å². The smallest absolute Gasteiger partial charge is 0.256 e. The predicted octanol–water partition coefficient (Wildman–Crippen LogP) is 2.25. The Morgan fingerprint density at radius 2 is 1.85 bits per heavy atom. The van der Waals surface area contributed by atoms with Crippen molar-refractivity contribution in [2.24, 2.45) is 0 Å². The van der Waals surface area contributed by atoms with Crippen molar-refractivity contribution in [2.45, 2.75) is 12.6 Å². The number of nitrogens with zero attached hydrogens (tertiary/aromatic N) is 2. The number of hydrogen-bond acceptors (Lipinski definition) is 4. The molecule has 2 amide bonds. The van der Waals surface area contributed by atoms with Gasteiger partial charge in [-0.2, -0.15) is 0 Å². The zero-order valence-electron chi connectivity index (χ0n) is 15.6. The second kappa shape index (κ2) is 8.68. The lowest BCUT2D eigenvalue weighted by molar-refractivity contribution is -0.152. The molecule has 6 nitrogen and oxygen atoms in total. The van der Waals surface area contributed by atoms with Gasteiger partial charge in [0, 0.05) is 26.7 Å². The van der Waals surface area contributed by atoms with E-state index in [1.165, 1.54) is 7.11 Å². The third kappa shape index (κ3) is 4.46. The number of carbonyl (C=O) groups is 2. The molecule has 0 aromatic heterocycles. The summed E-state index contributed by atoms with van der Waals surface area (Å²) in [6.45, 7) is 1.55. The van der Waals surface area contributed by atoms with E-state index in [4.69, 9.17) is 9.47 Å². The molecule has 0 saturated carbocycles. The SMILES string of the molecule is COc1cccc(CN2CCN(C(=O)[C@@H](OC)c3ccccc3)CC2=O)c1. The largest absolute Gasteiger partial charge is 0.497 e. The summed E-state index contributed by atoms with van der Waals surface area (Å²) < 4.78 is 10.6. The molecular formula is C21H24N2O4. The summed E-state index contributed by atoms with van der Waals surface area (Å²) in [6.07, 6.45) is -0.691. The number of rotatable bonds is 6. The molecule has 0 N–H and O–H groups in total. The molecule has 27 heavy (non-hydrogen) atoms. The minimum absolute atomic E-state index is 0.0650. The Bertz CT molecular complexity index is 794. The van der Waals surface area contributed by atoms with Gasteiger partial charge in [-0.15, -0.1) is 0 Å². The first-order valence-corrected chi connectivity index (χ1v) is 8.89. The van der Waals surface area contributed by atoms with Crippen molar-refractivity contribution in [1.29, 1.82) is 0 Å². The van der Waals surface area contributed by atoms with E-state index in [1.54, 1.807) is 16.9 Å². The summed E-state index contributed by atoms with van der Waals surface area (Å²) in [7, 11) is 3.13. The Morgan fingerprint density at radius 1 is 1.07 bits per heavy atom. The van der Waals surface area contributed by atoms with Crippen LogP contribution in [0.5, 0.6) is 5.75 Å². The van der Waals surface area contributed by atoms with Crippen LogP contribution in [-0.2, 0) is 20.9 Å². The summed E-state index contributed by atoms with van der Waals surface area (Å²) >= 11 is 0. The fraction of sp³-hybridized carbons (Fsp3) is 0.333. The van der Waals surface area contributed by atoms with Crippen LogP contribution < -0.4 is 4.74 Å². The van der Waals surface area contributed by atoms with Crippen LogP contribution in [0.3, 0.4) is 0 Å². The third-order valence-electron chi connectivity index (χ3n) is 4.70. The van der Waals surface area contributed by atoms with Crippen LogP contribution in [0, 0.1) is 0 Å². The number of carbonyl (C=O) groups excluding carboxylic acids is 2. The van der Waals surface area contributed by atoms with E-state index in [0.29, 0.717) is 19.6 Å². The van der Waals surface area contributed by atoms with Crippen molar-refractivity contribution in [3.05, 3.63) is 65.7 Å². The molecule has 0 spiro atoms. The fourth-order valence-electron chi connectivity index (χ4n) is 3.23. The number of piperazine rings is 1. The first-order chi connectivity index (χ1) is 13.1. The molecule has 6 heteroatoms. The lowest BCUT2D eigenvalue weighted by Crippen LogP contribution is -2.53. The Balaban J connectivity index is 1.63. The van der Waals surface area contributed by atoms with E-state index in [0.717, 1.165) is 16.9 Å². The van der Waals surface area contributed by atoms with E-state index in [-0.39, 0.29) is 18.4 Å². The van der Waals surface area contributed by atoms with Gasteiger partial charge in [0.25, 0.3) is 5.91 Å². The molecule has 1 atom stereocenters. The van der Waals surface area contributed by atoms with Gasteiger partial charge >= 0.3 is 0 Å². The predicted molar refractivity (Wildman–Crippen MR) is 101 cm³/mol. The zero-order valence-corrected chi connectivity index (χ0v) is 15.6. The molecule has 0 radical (unpaired) electrons. The highest BCUT2D eigenvalue weighted by molar-refractivity contribution is 5.88. The van der Waals surface area contributed by atoms with Gasteiger partial charge in [-0.3, -0.25) is 9.59 Å². The van der Waals surface area contributed by atoms with Crippen LogP contribution in [0.2, 0.25) is 0 Å². The second-order valence-corrected chi connectivity index (χ2v) is 6.45. The van der Waals surface area contributed by atoms with Crippen molar-refractivity contribution < 1.29 is 19.1 Å². The fourth-order valence-corrected chi connectivity index (χ4v) is 3.23. The molecule has 0 unspecified atom stereocenters. The molecule has 0 aliphatic carbocycles. The maximum atomic E-state index is 12.8. The molecule has 0 bridgehead atoms. The second-order valence-electron chi connectivity index (χ2n) is 6.45. The minimum Gasteiger partial charge on any atom is -0.497 e. The molecule has 2 aromatic rings. The van der Waals surface area contributed by atoms with Gasteiger partial charge in [-0.05, 0) is 23.3 Å². The van der Waals surface area contributed by atoms with E-state index >= 15 is 0 Å². The van der Waals surface area contributed by atoms with Crippen molar-refractivity contribution >= 4 is 11.8 Å². The molecule has 1 saturated heterocycles. The Hall–Kier alpha value is -2.86. The van der Waals surface area contributed by atoms with Crippen LogP contribution in [-0.4, -0.2) is 55.5 Å². The van der Waals surface area contributed by atoms with Gasteiger partial charge < -0.3 is 19.3 Å². The van der Waals surface area contributed by atoms with Gasteiger partial charge in [0.15, 0.2) is 6.10 Å². The lowest BCUT2D eigenvalue weighted by Gasteiger charge is -2.35.